The molecule has 2 aromatic carbocycles. The molecule has 1 saturated heterocycles. The van der Waals surface area contributed by atoms with Gasteiger partial charge in [-0.05, 0) is 54.0 Å². The van der Waals surface area contributed by atoms with Gasteiger partial charge in [-0.25, -0.2) is 13.6 Å². The summed E-state index contributed by atoms with van der Waals surface area (Å²) in [6.07, 6.45) is -0.392. The maximum Gasteiger partial charge on any atom is 0.408 e. The summed E-state index contributed by atoms with van der Waals surface area (Å²) in [4.78, 5) is 25.9. The molecule has 220 valence electrons. The van der Waals surface area contributed by atoms with E-state index in [9.17, 15) is 23.5 Å². The van der Waals surface area contributed by atoms with Gasteiger partial charge in [0.15, 0.2) is 0 Å². The first-order chi connectivity index (χ1) is 19.1. The van der Waals surface area contributed by atoms with E-state index in [4.69, 9.17) is 9.47 Å². The first-order valence-corrected chi connectivity index (χ1v) is 13.9. The number of aryl methyl sites for hydroxylation is 1. The van der Waals surface area contributed by atoms with Crippen molar-refractivity contribution in [2.24, 2.45) is 5.92 Å². The first-order valence-electron chi connectivity index (χ1n) is 13.9. The monoisotopic (exact) mass is 561 g/mol. The highest BCUT2D eigenvalue weighted by atomic mass is 19.1. The molecule has 1 aliphatic rings. The van der Waals surface area contributed by atoms with E-state index in [0.29, 0.717) is 32.6 Å². The number of hydrogen-bond donors (Lipinski definition) is 4. The van der Waals surface area contributed by atoms with E-state index in [1.54, 1.807) is 0 Å². The Morgan fingerprint density at radius 1 is 1.07 bits per heavy atom. The van der Waals surface area contributed by atoms with Crippen LogP contribution in [0, 0.1) is 17.6 Å². The van der Waals surface area contributed by atoms with Crippen molar-refractivity contribution in [1.29, 1.82) is 0 Å². The Hall–Kier alpha value is -3.08. The van der Waals surface area contributed by atoms with Crippen LogP contribution in [0.5, 0.6) is 0 Å². The Labute approximate surface area is 234 Å². The minimum Gasteiger partial charge on any atom is -0.444 e. The highest BCUT2D eigenvalue weighted by Gasteiger charge is 2.29. The molecule has 0 spiro atoms. The van der Waals surface area contributed by atoms with Crippen LogP contribution in [0.15, 0.2) is 42.5 Å². The van der Waals surface area contributed by atoms with Crippen molar-refractivity contribution in [2.45, 2.75) is 77.3 Å². The van der Waals surface area contributed by atoms with Crippen molar-refractivity contribution < 1.29 is 33.0 Å². The number of amides is 2. The number of hydrogen-bond acceptors (Lipinski definition) is 6. The number of ether oxygens (including phenoxy) is 2. The zero-order chi connectivity index (χ0) is 29.1. The van der Waals surface area contributed by atoms with Crippen LogP contribution in [-0.2, 0) is 33.7 Å². The summed E-state index contributed by atoms with van der Waals surface area (Å²) in [5.41, 5.74) is 2.53. The average molecular weight is 562 g/mol. The van der Waals surface area contributed by atoms with Gasteiger partial charge in [-0.1, -0.05) is 45.0 Å². The van der Waals surface area contributed by atoms with E-state index in [1.807, 2.05) is 32.0 Å². The number of rotatable bonds is 14. The molecule has 0 unspecified atom stereocenters. The molecule has 0 radical (unpaired) electrons. The van der Waals surface area contributed by atoms with Crippen LogP contribution in [0.3, 0.4) is 0 Å². The number of carbonyl (C=O) groups is 2. The maximum absolute atomic E-state index is 13.9. The lowest BCUT2D eigenvalue weighted by molar-refractivity contribution is -0.125. The molecule has 0 aromatic heterocycles. The topological polar surface area (TPSA) is 109 Å². The highest BCUT2D eigenvalue weighted by molar-refractivity contribution is 5.86. The van der Waals surface area contributed by atoms with Crippen LogP contribution in [0.1, 0.15) is 50.3 Å². The zero-order valence-corrected chi connectivity index (χ0v) is 23.4. The third kappa shape index (κ3) is 10.5. The van der Waals surface area contributed by atoms with Gasteiger partial charge in [-0.15, -0.1) is 0 Å². The van der Waals surface area contributed by atoms with Gasteiger partial charge in [0.25, 0.3) is 0 Å². The fourth-order valence-corrected chi connectivity index (χ4v) is 4.65. The van der Waals surface area contributed by atoms with Crippen molar-refractivity contribution in [1.82, 2.24) is 16.0 Å². The molecule has 0 aliphatic carbocycles. The highest BCUT2D eigenvalue weighted by Crippen LogP contribution is 2.14. The van der Waals surface area contributed by atoms with Crippen LogP contribution >= 0.6 is 0 Å². The molecule has 1 heterocycles. The maximum atomic E-state index is 13.9. The predicted molar refractivity (Wildman–Crippen MR) is 148 cm³/mol. The second kappa shape index (κ2) is 15.6. The zero-order valence-electron chi connectivity index (χ0n) is 23.4. The second-order valence-corrected chi connectivity index (χ2v) is 10.7. The van der Waals surface area contributed by atoms with Gasteiger partial charge in [0.1, 0.15) is 23.8 Å². The molecule has 10 heteroatoms. The number of nitrogens with one attached hydrogen (secondary N) is 3. The van der Waals surface area contributed by atoms with Crippen LogP contribution < -0.4 is 16.0 Å². The van der Waals surface area contributed by atoms with E-state index in [2.05, 4.69) is 28.9 Å². The SMILES string of the molecule is CCc1cccc(CNC[C@@H](O)[C@H](Cc2cc(F)cc(F)c2)NC(=O)[C@@H](CC(C)C)NC(=O)O[C@H]2CCOC2)c1. The van der Waals surface area contributed by atoms with Crippen LogP contribution in [-0.4, -0.2) is 61.2 Å². The molecule has 1 aliphatic heterocycles. The molecule has 2 amide bonds. The minimum absolute atomic E-state index is 0.0210. The average Bonchev–Trinajstić information content (AvgIpc) is 3.40. The molecule has 4 N–H and O–H groups in total. The Kier molecular flexibility index (Phi) is 12.3. The quantitative estimate of drug-likeness (QED) is 0.281. The van der Waals surface area contributed by atoms with E-state index < -0.39 is 41.8 Å². The summed E-state index contributed by atoms with van der Waals surface area (Å²) in [7, 11) is 0. The molecule has 3 rings (SSSR count). The summed E-state index contributed by atoms with van der Waals surface area (Å²) in [6, 6.07) is 9.36. The standard InChI is InChI=1S/C30H41F2N3O5/c1-4-20-6-5-7-21(11-20)16-33-17-28(36)26(14-22-12-23(31)15-24(32)13-22)34-29(37)27(10-19(2)3)35-30(38)40-25-8-9-39-18-25/h5-7,11-13,15,19,25-28,33,36H,4,8-10,14,16-18H2,1-3H3,(H,34,37)(H,35,38)/t25-,26-,27+,28+/m0/s1. The van der Waals surface area contributed by atoms with E-state index in [1.165, 1.54) is 17.7 Å². The van der Waals surface area contributed by atoms with Gasteiger partial charge in [0.2, 0.25) is 5.91 Å². The van der Waals surface area contributed by atoms with E-state index >= 15 is 0 Å². The molecule has 1 fully saturated rings. The van der Waals surface area contributed by atoms with Crippen molar-refractivity contribution in [3.63, 3.8) is 0 Å². The van der Waals surface area contributed by atoms with Crippen molar-refractivity contribution >= 4 is 12.0 Å². The van der Waals surface area contributed by atoms with Gasteiger partial charge < -0.3 is 30.5 Å². The lowest BCUT2D eigenvalue weighted by atomic mass is 9.98. The van der Waals surface area contributed by atoms with Gasteiger partial charge in [-0.2, -0.15) is 0 Å². The predicted octanol–water partition coefficient (Wildman–Crippen LogP) is 3.64. The number of aliphatic hydroxyl groups is 1. The summed E-state index contributed by atoms with van der Waals surface area (Å²) in [5, 5.41) is 19.7. The van der Waals surface area contributed by atoms with Crippen molar-refractivity contribution in [3.8, 4) is 0 Å². The third-order valence-corrected chi connectivity index (χ3v) is 6.73. The van der Waals surface area contributed by atoms with E-state index in [-0.39, 0.29) is 30.6 Å². The number of carbonyl (C=O) groups excluding carboxylic acids is 2. The molecular weight excluding hydrogens is 520 g/mol. The lowest BCUT2D eigenvalue weighted by Gasteiger charge is -2.28. The Balaban J connectivity index is 1.69. The van der Waals surface area contributed by atoms with Crippen LogP contribution in [0.25, 0.3) is 0 Å². The number of alkyl carbamates (subject to hydrolysis) is 1. The molecule has 40 heavy (non-hydrogen) atoms. The molecule has 0 saturated carbocycles. The number of aliphatic hydroxyl groups excluding tert-OH is 1. The summed E-state index contributed by atoms with van der Waals surface area (Å²) in [6.45, 7) is 7.33. The van der Waals surface area contributed by atoms with Crippen LogP contribution in [0.2, 0.25) is 0 Å². The Bertz CT molecular complexity index is 1090. The lowest BCUT2D eigenvalue weighted by Crippen LogP contribution is -2.55. The Morgan fingerprint density at radius 3 is 2.45 bits per heavy atom. The molecule has 8 nitrogen and oxygen atoms in total. The Morgan fingerprint density at radius 2 is 1.80 bits per heavy atom. The fourth-order valence-electron chi connectivity index (χ4n) is 4.65. The summed E-state index contributed by atoms with van der Waals surface area (Å²) >= 11 is 0. The van der Waals surface area contributed by atoms with Crippen molar-refractivity contribution in [3.05, 3.63) is 70.8 Å². The molecule has 4 atom stereocenters. The van der Waals surface area contributed by atoms with Gasteiger partial charge in [0.05, 0.1) is 25.4 Å². The van der Waals surface area contributed by atoms with E-state index in [0.717, 1.165) is 18.1 Å². The third-order valence-electron chi connectivity index (χ3n) is 6.73. The normalized spacial score (nSPS) is 17.3. The largest absolute Gasteiger partial charge is 0.444 e. The molecule has 0 bridgehead atoms. The minimum atomic E-state index is -1.09. The number of benzene rings is 2. The van der Waals surface area contributed by atoms with Gasteiger partial charge in [0, 0.05) is 25.6 Å². The fraction of sp³-hybridized carbons (Fsp3) is 0.533. The summed E-state index contributed by atoms with van der Waals surface area (Å²) in [5.74, 6) is -1.96. The molecular formula is C30H41F2N3O5. The molecule has 2 aromatic rings. The summed E-state index contributed by atoms with van der Waals surface area (Å²) < 4.78 is 38.4. The first kappa shape index (κ1) is 31.4. The van der Waals surface area contributed by atoms with Gasteiger partial charge in [-0.3, -0.25) is 4.79 Å². The van der Waals surface area contributed by atoms with Crippen LogP contribution in [0.4, 0.5) is 13.6 Å². The van der Waals surface area contributed by atoms with Gasteiger partial charge >= 0.3 is 6.09 Å². The second-order valence-electron chi connectivity index (χ2n) is 10.7. The van der Waals surface area contributed by atoms with Crippen molar-refractivity contribution in [2.75, 3.05) is 19.8 Å². The smallest absolute Gasteiger partial charge is 0.408 e. The number of halogens is 2.